The first-order chi connectivity index (χ1) is 12.0. The van der Waals surface area contributed by atoms with Crippen molar-refractivity contribution < 1.29 is 19.1 Å². The van der Waals surface area contributed by atoms with Crippen molar-refractivity contribution in [3.05, 3.63) is 29.8 Å². The molecule has 0 aromatic heterocycles. The number of benzene rings is 1. The van der Waals surface area contributed by atoms with Gasteiger partial charge in [0.25, 0.3) is 5.91 Å². The molecule has 0 aliphatic carbocycles. The average molecular weight is 343 g/mol. The number of ether oxygens (including phenoxy) is 1. The van der Waals surface area contributed by atoms with Gasteiger partial charge in [0.2, 0.25) is 5.91 Å². The zero-order valence-electron chi connectivity index (χ0n) is 14.2. The number of amides is 2. The molecule has 0 bridgehead atoms. The molecule has 0 saturated carbocycles. The van der Waals surface area contributed by atoms with Gasteiger partial charge in [-0.2, -0.15) is 5.26 Å². The average Bonchev–Trinajstić information content (AvgIpc) is 2.79. The van der Waals surface area contributed by atoms with Crippen molar-refractivity contribution in [1.29, 1.82) is 5.26 Å². The molecule has 7 nitrogen and oxygen atoms in total. The standard InChI is InChI=1S/C18H21N3O4/c1-13(18(24)20-15-7-5-6-14(10-15)11-19)25-17(23)12-21-9-4-2-3-8-16(21)22/h5-7,10,13H,2-4,8-9,12H2,1H3,(H,20,24)/t13-/m0/s1. The molecule has 0 unspecified atom stereocenters. The van der Waals surface area contributed by atoms with Gasteiger partial charge in [-0.3, -0.25) is 14.4 Å². The lowest BCUT2D eigenvalue weighted by molar-refractivity contribution is -0.156. The monoisotopic (exact) mass is 343 g/mol. The first-order valence-electron chi connectivity index (χ1n) is 8.28. The minimum atomic E-state index is -1.000. The van der Waals surface area contributed by atoms with E-state index in [0.717, 1.165) is 19.3 Å². The number of nitrogens with one attached hydrogen (secondary N) is 1. The van der Waals surface area contributed by atoms with E-state index in [1.54, 1.807) is 18.2 Å². The third-order valence-corrected chi connectivity index (χ3v) is 3.93. The Morgan fingerprint density at radius 3 is 2.92 bits per heavy atom. The first kappa shape index (κ1) is 18.5. The van der Waals surface area contributed by atoms with Crippen LogP contribution in [0.3, 0.4) is 0 Å². The van der Waals surface area contributed by atoms with Crippen molar-refractivity contribution in [1.82, 2.24) is 4.90 Å². The summed E-state index contributed by atoms with van der Waals surface area (Å²) in [5.41, 5.74) is 0.872. The molecular weight excluding hydrogens is 322 g/mol. The molecule has 1 N–H and O–H groups in total. The Hall–Kier alpha value is -2.88. The molecule has 0 radical (unpaired) electrons. The number of hydrogen-bond acceptors (Lipinski definition) is 5. The second-order valence-electron chi connectivity index (χ2n) is 5.94. The molecule has 25 heavy (non-hydrogen) atoms. The van der Waals surface area contributed by atoms with Crippen LogP contribution in [-0.2, 0) is 19.1 Å². The molecule has 1 aromatic carbocycles. The topological polar surface area (TPSA) is 99.5 Å². The fourth-order valence-electron chi connectivity index (χ4n) is 2.56. The minimum absolute atomic E-state index is 0.0557. The fraction of sp³-hybridized carbons (Fsp3) is 0.444. The highest BCUT2D eigenvalue weighted by Crippen LogP contribution is 2.12. The number of esters is 1. The van der Waals surface area contributed by atoms with Crippen LogP contribution in [0, 0.1) is 11.3 Å². The van der Waals surface area contributed by atoms with Gasteiger partial charge in [0.15, 0.2) is 6.10 Å². The van der Waals surface area contributed by atoms with Gasteiger partial charge in [0, 0.05) is 18.7 Å². The van der Waals surface area contributed by atoms with E-state index in [1.807, 2.05) is 6.07 Å². The quantitative estimate of drug-likeness (QED) is 0.822. The van der Waals surface area contributed by atoms with Crippen LogP contribution >= 0.6 is 0 Å². The van der Waals surface area contributed by atoms with Gasteiger partial charge < -0.3 is 15.0 Å². The molecule has 1 saturated heterocycles. The van der Waals surface area contributed by atoms with E-state index in [-0.39, 0.29) is 12.5 Å². The fourth-order valence-corrected chi connectivity index (χ4v) is 2.56. The van der Waals surface area contributed by atoms with E-state index in [9.17, 15) is 14.4 Å². The Balaban J connectivity index is 1.86. The molecule has 2 amide bonds. The van der Waals surface area contributed by atoms with Crippen molar-refractivity contribution in [3.8, 4) is 6.07 Å². The maximum absolute atomic E-state index is 12.1. The maximum atomic E-state index is 12.1. The van der Waals surface area contributed by atoms with Crippen LogP contribution in [0.1, 0.15) is 38.2 Å². The van der Waals surface area contributed by atoms with Gasteiger partial charge in [-0.1, -0.05) is 12.5 Å². The minimum Gasteiger partial charge on any atom is -0.451 e. The summed E-state index contributed by atoms with van der Waals surface area (Å²) in [4.78, 5) is 37.5. The van der Waals surface area contributed by atoms with E-state index in [4.69, 9.17) is 10.00 Å². The van der Waals surface area contributed by atoms with Gasteiger partial charge in [-0.15, -0.1) is 0 Å². The summed E-state index contributed by atoms with van der Waals surface area (Å²) in [6.45, 7) is 1.86. The van der Waals surface area contributed by atoms with Gasteiger partial charge in [-0.25, -0.2) is 0 Å². The first-order valence-corrected chi connectivity index (χ1v) is 8.28. The second kappa shape index (κ2) is 8.83. The maximum Gasteiger partial charge on any atom is 0.326 e. The Morgan fingerprint density at radius 1 is 1.36 bits per heavy atom. The highest BCUT2D eigenvalue weighted by Gasteiger charge is 2.23. The smallest absolute Gasteiger partial charge is 0.326 e. The summed E-state index contributed by atoms with van der Waals surface area (Å²) in [6.07, 6.45) is 2.12. The molecular formula is C18H21N3O4. The van der Waals surface area contributed by atoms with E-state index < -0.39 is 18.0 Å². The van der Waals surface area contributed by atoms with Gasteiger partial charge in [0.1, 0.15) is 6.54 Å². The third kappa shape index (κ3) is 5.60. The number of carbonyl (C=O) groups is 3. The van der Waals surface area contributed by atoms with Crippen LogP contribution in [0.5, 0.6) is 0 Å². The number of likely N-dealkylation sites (tertiary alicyclic amines) is 1. The lowest BCUT2D eigenvalue weighted by Gasteiger charge is -2.20. The Labute approximate surface area is 146 Å². The molecule has 132 valence electrons. The van der Waals surface area contributed by atoms with E-state index in [2.05, 4.69) is 5.32 Å². The highest BCUT2D eigenvalue weighted by atomic mass is 16.5. The van der Waals surface area contributed by atoms with Crippen molar-refractivity contribution >= 4 is 23.5 Å². The predicted molar refractivity (Wildman–Crippen MR) is 90.4 cm³/mol. The normalized spacial score (nSPS) is 15.7. The molecule has 1 fully saturated rings. The molecule has 1 aromatic rings. The van der Waals surface area contributed by atoms with E-state index in [1.165, 1.54) is 17.9 Å². The van der Waals surface area contributed by atoms with E-state index >= 15 is 0 Å². The van der Waals surface area contributed by atoms with Crippen LogP contribution < -0.4 is 5.32 Å². The number of carbonyl (C=O) groups excluding carboxylic acids is 3. The number of rotatable bonds is 5. The predicted octanol–water partition coefficient (Wildman–Crippen LogP) is 1.83. The molecule has 1 aliphatic rings. The number of nitrogens with zero attached hydrogens (tertiary/aromatic N) is 2. The largest absolute Gasteiger partial charge is 0.451 e. The Kier molecular flexibility index (Phi) is 6.52. The summed E-state index contributed by atoms with van der Waals surface area (Å²) in [7, 11) is 0. The van der Waals surface area contributed by atoms with Gasteiger partial charge in [0.05, 0.1) is 11.6 Å². The van der Waals surface area contributed by atoms with Crippen LogP contribution in [0.4, 0.5) is 5.69 Å². The van der Waals surface area contributed by atoms with Crippen LogP contribution in [0.2, 0.25) is 0 Å². The summed E-state index contributed by atoms with van der Waals surface area (Å²) in [6, 6.07) is 8.43. The SMILES string of the molecule is C[C@H](OC(=O)CN1CCCCCC1=O)C(=O)Nc1cccc(C#N)c1. The molecule has 2 rings (SSSR count). The Bertz CT molecular complexity index is 696. The van der Waals surface area contributed by atoms with Crippen molar-refractivity contribution in [2.75, 3.05) is 18.4 Å². The summed E-state index contributed by atoms with van der Waals surface area (Å²) < 4.78 is 5.12. The molecule has 1 heterocycles. The second-order valence-corrected chi connectivity index (χ2v) is 5.94. The Morgan fingerprint density at radius 2 is 2.16 bits per heavy atom. The number of anilines is 1. The zero-order valence-corrected chi connectivity index (χ0v) is 14.2. The summed E-state index contributed by atoms with van der Waals surface area (Å²) >= 11 is 0. The van der Waals surface area contributed by atoms with Crippen LogP contribution in [0.15, 0.2) is 24.3 Å². The molecule has 7 heteroatoms. The zero-order chi connectivity index (χ0) is 18.2. The molecule has 1 atom stereocenters. The summed E-state index contributed by atoms with van der Waals surface area (Å²) in [5.74, 6) is -1.16. The van der Waals surface area contributed by atoms with Crippen LogP contribution in [-0.4, -0.2) is 41.9 Å². The number of hydrogen-bond donors (Lipinski definition) is 1. The third-order valence-electron chi connectivity index (χ3n) is 3.93. The van der Waals surface area contributed by atoms with Gasteiger partial charge >= 0.3 is 5.97 Å². The molecule has 0 spiro atoms. The number of nitriles is 1. The van der Waals surface area contributed by atoms with Crippen molar-refractivity contribution in [2.45, 2.75) is 38.7 Å². The van der Waals surface area contributed by atoms with E-state index in [0.29, 0.717) is 24.2 Å². The lowest BCUT2D eigenvalue weighted by atomic mass is 10.2. The lowest BCUT2D eigenvalue weighted by Crippen LogP contribution is -2.38. The van der Waals surface area contributed by atoms with Gasteiger partial charge in [-0.05, 0) is 38.0 Å². The van der Waals surface area contributed by atoms with Crippen molar-refractivity contribution in [3.63, 3.8) is 0 Å². The van der Waals surface area contributed by atoms with Crippen molar-refractivity contribution in [2.24, 2.45) is 0 Å². The highest BCUT2D eigenvalue weighted by molar-refractivity contribution is 5.95. The van der Waals surface area contributed by atoms with Crippen LogP contribution in [0.25, 0.3) is 0 Å². The summed E-state index contributed by atoms with van der Waals surface area (Å²) in [5, 5.41) is 11.5. The molecule has 1 aliphatic heterocycles.